The van der Waals surface area contributed by atoms with E-state index in [1.54, 1.807) is 6.07 Å². The topological polar surface area (TPSA) is 173 Å². The first-order valence-electron chi connectivity index (χ1n) is 10.9. The summed E-state index contributed by atoms with van der Waals surface area (Å²) in [4.78, 5) is 37.4. The molecular weight excluding hydrogens is 509 g/mol. The summed E-state index contributed by atoms with van der Waals surface area (Å²) < 4.78 is 53.6. The summed E-state index contributed by atoms with van der Waals surface area (Å²) >= 11 is 0. The molecule has 1 heterocycles. The number of halogens is 1. The maximum Gasteiger partial charge on any atom is 0.414 e. The largest absolute Gasteiger partial charge is 0.422 e. The van der Waals surface area contributed by atoms with Crippen molar-refractivity contribution in [1.29, 1.82) is 0 Å². The van der Waals surface area contributed by atoms with Crippen LogP contribution >= 0.6 is 0 Å². The van der Waals surface area contributed by atoms with E-state index < -0.39 is 33.7 Å². The van der Waals surface area contributed by atoms with Gasteiger partial charge in [0.1, 0.15) is 11.3 Å². The lowest BCUT2D eigenvalue weighted by molar-refractivity contribution is -0.117. The number of carbonyl (C=O) groups is 2. The van der Waals surface area contributed by atoms with Gasteiger partial charge < -0.3 is 25.1 Å². The van der Waals surface area contributed by atoms with Crippen LogP contribution in [-0.2, 0) is 28.0 Å². The van der Waals surface area contributed by atoms with Gasteiger partial charge in [-0.2, -0.15) is 8.42 Å². The zero-order valence-electron chi connectivity index (χ0n) is 20.3. The van der Waals surface area contributed by atoms with Crippen molar-refractivity contribution in [2.75, 3.05) is 32.4 Å². The number of carbonyl (C=O) groups excluding carboxylic acids is 2. The summed E-state index contributed by atoms with van der Waals surface area (Å²) in [6.07, 6.45) is -0.879. The normalized spacial score (nSPS) is 11.4. The Bertz CT molecular complexity index is 1510. The first kappa shape index (κ1) is 27.6. The second-order valence-electron chi connectivity index (χ2n) is 8.10. The van der Waals surface area contributed by atoms with Crippen molar-refractivity contribution >= 4 is 38.9 Å². The standard InChI is InChI=1S/C23H26FN5O7S/c1-26-37(33,34)28-18-6-4-5-13(21(18)24)9-16-17(11-27-12-20(25)30)15-8-7-14(35-23(32)29(2)3)10-19(15)36-22(16)31/h4-8,10,26-28H,9,11-12H2,1-3H3,(H2,25,30). The van der Waals surface area contributed by atoms with Crippen LogP contribution in [0.1, 0.15) is 16.7 Å². The second kappa shape index (κ2) is 11.4. The number of hydrogen-bond acceptors (Lipinski definition) is 8. The van der Waals surface area contributed by atoms with Crippen LogP contribution in [-0.4, -0.2) is 53.0 Å². The second-order valence-corrected chi connectivity index (χ2v) is 9.72. The highest BCUT2D eigenvalue weighted by Gasteiger charge is 2.20. The minimum atomic E-state index is -3.98. The SMILES string of the molecule is CNS(=O)(=O)Nc1cccc(Cc2c(CNCC(N)=O)c3ccc(OC(=O)N(C)C)cc3oc2=O)c1F. The van der Waals surface area contributed by atoms with E-state index in [9.17, 15) is 22.8 Å². The Morgan fingerprint density at radius 3 is 2.54 bits per heavy atom. The van der Waals surface area contributed by atoms with Crippen molar-refractivity contribution in [2.45, 2.75) is 13.0 Å². The van der Waals surface area contributed by atoms with Crippen LogP contribution in [0.5, 0.6) is 5.75 Å². The molecule has 5 N–H and O–H groups in total. The highest BCUT2D eigenvalue weighted by molar-refractivity contribution is 7.90. The van der Waals surface area contributed by atoms with E-state index >= 15 is 4.39 Å². The van der Waals surface area contributed by atoms with E-state index in [1.165, 1.54) is 56.4 Å². The van der Waals surface area contributed by atoms with Crippen molar-refractivity contribution in [2.24, 2.45) is 5.73 Å². The van der Waals surface area contributed by atoms with Gasteiger partial charge in [0.25, 0.3) is 10.2 Å². The number of hydrogen-bond donors (Lipinski definition) is 4. The maximum atomic E-state index is 15.2. The zero-order chi connectivity index (χ0) is 27.3. The number of primary amides is 1. The van der Waals surface area contributed by atoms with Crippen LogP contribution < -0.4 is 30.9 Å². The molecule has 12 nitrogen and oxygen atoms in total. The summed E-state index contributed by atoms with van der Waals surface area (Å²) in [5, 5.41) is 3.28. The number of rotatable bonds is 10. The molecule has 37 heavy (non-hydrogen) atoms. The number of fused-ring (bicyclic) bond motifs is 1. The van der Waals surface area contributed by atoms with E-state index in [0.717, 1.165) is 0 Å². The number of nitrogens with zero attached hydrogens (tertiary/aromatic N) is 1. The lowest BCUT2D eigenvalue weighted by atomic mass is 9.97. The first-order valence-corrected chi connectivity index (χ1v) is 12.4. The van der Waals surface area contributed by atoms with Gasteiger partial charge in [-0.15, -0.1) is 0 Å². The van der Waals surface area contributed by atoms with Gasteiger partial charge >= 0.3 is 11.7 Å². The van der Waals surface area contributed by atoms with Crippen molar-refractivity contribution in [3.8, 4) is 5.75 Å². The van der Waals surface area contributed by atoms with Gasteiger partial charge in [0.05, 0.1) is 12.2 Å². The van der Waals surface area contributed by atoms with Gasteiger partial charge in [0.15, 0.2) is 5.82 Å². The third-order valence-corrected chi connectivity index (χ3v) is 6.25. The molecule has 3 aromatic rings. The van der Waals surface area contributed by atoms with Crippen molar-refractivity contribution in [3.05, 3.63) is 69.3 Å². The molecule has 0 unspecified atom stereocenters. The molecule has 0 fully saturated rings. The Hall–Kier alpha value is -4.01. The van der Waals surface area contributed by atoms with E-state index in [4.69, 9.17) is 14.9 Å². The number of ether oxygens (including phenoxy) is 1. The monoisotopic (exact) mass is 535 g/mol. The molecule has 0 saturated carbocycles. The summed E-state index contributed by atoms with van der Waals surface area (Å²) in [5.41, 5.74) is 4.71. The molecule has 0 atom stereocenters. The smallest absolute Gasteiger partial charge is 0.414 e. The third-order valence-electron chi connectivity index (χ3n) is 5.22. The van der Waals surface area contributed by atoms with Crippen LogP contribution in [0.3, 0.4) is 0 Å². The van der Waals surface area contributed by atoms with E-state index in [0.29, 0.717) is 10.9 Å². The Balaban J connectivity index is 2.08. The molecule has 198 valence electrons. The molecular formula is C23H26FN5O7S. The van der Waals surface area contributed by atoms with Crippen molar-refractivity contribution in [1.82, 2.24) is 14.9 Å². The van der Waals surface area contributed by atoms with Gasteiger partial charge in [-0.3, -0.25) is 9.52 Å². The molecule has 0 radical (unpaired) electrons. The molecule has 0 spiro atoms. The molecule has 0 bridgehead atoms. The predicted molar refractivity (Wildman–Crippen MR) is 134 cm³/mol. The van der Waals surface area contributed by atoms with Gasteiger partial charge in [-0.05, 0) is 29.3 Å². The minimum Gasteiger partial charge on any atom is -0.422 e. The lowest BCUT2D eigenvalue weighted by Crippen LogP contribution is -2.29. The highest BCUT2D eigenvalue weighted by Crippen LogP contribution is 2.28. The molecule has 3 rings (SSSR count). The Morgan fingerprint density at radius 2 is 1.89 bits per heavy atom. The molecule has 2 amide bonds. The Labute approximate surface area is 211 Å². The van der Waals surface area contributed by atoms with E-state index in [-0.39, 0.29) is 47.7 Å². The molecule has 0 saturated heterocycles. The maximum absolute atomic E-state index is 15.2. The van der Waals surface area contributed by atoms with Crippen molar-refractivity contribution < 1.29 is 31.6 Å². The van der Waals surface area contributed by atoms with E-state index in [2.05, 4.69) is 10.0 Å². The lowest BCUT2D eigenvalue weighted by Gasteiger charge is -2.15. The fraction of sp³-hybridized carbons (Fsp3) is 0.261. The molecule has 0 aliphatic carbocycles. The molecule has 14 heteroatoms. The molecule has 1 aromatic heterocycles. The fourth-order valence-corrected chi connectivity index (χ4v) is 3.96. The van der Waals surface area contributed by atoms with E-state index in [1.807, 2.05) is 4.72 Å². The average Bonchev–Trinajstić information content (AvgIpc) is 2.82. The van der Waals surface area contributed by atoms with Gasteiger partial charge in [0, 0.05) is 51.1 Å². The molecule has 0 aliphatic heterocycles. The van der Waals surface area contributed by atoms with Crippen LogP contribution in [0.2, 0.25) is 0 Å². The van der Waals surface area contributed by atoms with Crippen LogP contribution in [0.15, 0.2) is 45.6 Å². The van der Waals surface area contributed by atoms with Crippen LogP contribution in [0.4, 0.5) is 14.9 Å². The van der Waals surface area contributed by atoms with Crippen molar-refractivity contribution in [3.63, 3.8) is 0 Å². The minimum absolute atomic E-state index is 0.00486. The summed E-state index contributed by atoms with van der Waals surface area (Å²) in [5.74, 6) is -1.36. The first-order chi connectivity index (χ1) is 17.4. The average molecular weight is 536 g/mol. The fourth-order valence-electron chi connectivity index (χ4n) is 3.41. The summed E-state index contributed by atoms with van der Waals surface area (Å²) in [6, 6.07) is 8.51. The zero-order valence-corrected chi connectivity index (χ0v) is 21.1. The predicted octanol–water partition coefficient (Wildman–Crippen LogP) is 1.03. The van der Waals surface area contributed by atoms with Gasteiger partial charge in [-0.25, -0.2) is 18.7 Å². The number of benzene rings is 2. The van der Waals surface area contributed by atoms with Gasteiger partial charge in [0.2, 0.25) is 5.91 Å². The Kier molecular flexibility index (Phi) is 8.47. The third kappa shape index (κ3) is 6.81. The van der Waals surface area contributed by atoms with Crippen LogP contribution in [0.25, 0.3) is 11.0 Å². The molecule has 0 aliphatic rings. The number of anilines is 1. The Morgan fingerprint density at radius 1 is 1.16 bits per heavy atom. The van der Waals surface area contributed by atoms with Gasteiger partial charge in [-0.1, -0.05) is 12.1 Å². The number of nitrogens with one attached hydrogen (secondary N) is 3. The summed E-state index contributed by atoms with van der Waals surface area (Å²) in [7, 11) is 0.208. The number of amides is 2. The highest BCUT2D eigenvalue weighted by atomic mass is 32.2. The van der Waals surface area contributed by atoms with Crippen LogP contribution in [0, 0.1) is 5.82 Å². The summed E-state index contributed by atoms with van der Waals surface area (Å²) in [6.45, 7) is -0.180. The molecule has 2 aromatic carbocycles. The quantitative estimate of drug-likeness (QED) is 0.279. The number of nitrogens with two attached hydrogens (primary N) is 1.